The molecule has 0 spiro atoms. The Kier molecular flexibility index (Phi) is 5.07. The van der Waals surface area contributed by atoms with Gasteiger partial charge < -0.3 is 19.1 Å². The van der Waals surface area contributed by atoms with Crippen LogP contribution in [0.15, 0.2) is 36.4 Å². The number of amides is 1. The van der Waals surface area contributed by atoms with Gasteiger partial charge in [0.15, 0.2) is 11.5 Å². The largest absolute Gasteiger partial charge is 0.493 e. The topological polar surface area (TPSA) is 60.9 Å². The first-order valence-electron chi connectivity index (χ1n) is 8.22. The lowest BCUT2D eigenvalue weighted by Crippen LogP contribution is -2.31. The molecule has 1 aromatic heterocycles. The Labute approximate surface area is 147 Å². The number of methoxy groups -OCH3 is 2. The second-order valence-corrected chi connectivity index (χ2v) is 5.97. The van der Waals surface area contributed by atoms with E-state index in [1.807, 2.05) is 25.1 Å². The van der Waals surface area contributed by atoms with Crippen molar-refractivity contribution < 1.29 is 19.0 Å². The summed E-state index contributed by atoms with van der Waals surface area (Å²) in [6.45, 7) is 3.13. The molecule has 6 heteroatoms. The summed E-state index contributed by atoms with van der Waals surface area (Å²) in [4.78, 5) is 18.9. The molecule has 0 bridgehead atoms. The van der Waals surface area contributed by atoms with E-state index < -0.39 is 0 Å². The highest BCUT2D eigenvalue weighted by molar-refractivity contribution is 5.95. The van der Waals surface area contributed by atoms with Crippen LogP contribution in [0.25, 0.3) is 0 Å². The van der Waals surface area contributed by atoms with Gasteiger partial charge in [0.05, 0.1) is 20.8 Å². The van der Waals surface area contributed by atoms with E-state index in [0.29, 0.717) is 36.0 Å². The molecule has 1 aliphatic rings. The van der Waals surface area contributed by atoms with Gasteiger partial charge in [-0.2, -0.15) is 0 Å². The van der Waals surface area contributed by atoms with Crippen LogP contribution in [-0.2, 0) is 0 Å². The van der Waals surface area contributed by atoms with Gasteiger partial charge in [-0.05, 0) is 31.2 Å². The van der Waals surface area contributed by atoms with Crippen LogP contribution in [0, 0.1) is 6.92 Å². The Hall–Kier alpha value is -2.76. The first-order chi connectivity index (χ1) is 12.1. The van der Waals surface area contributed by atoms with Gasteiger partial charge >= 0.3 is 0 Å². The van der Waals surface area contributed by atoms with Crippen LogP contribution in [0.5, 0.6) is 17.4 Å². The Morgan fingerprint density at radius 3 is 2.68 bits per heavy atom. The van der Waals surface area contributed by atoms with Gasteiger partial charge in [0, 0.05) is 30.3 Å². The van der Waals surface area contributed by atoms with Gasteiger partial charge in [0.1, 0.15) is 6.10 Å². The van der Waals surface area contributed by atoms with Crippen molar-refractivity contribution in [2.24, 2.45) is 0 Å². The summed E-state index contributed by atoms with van der Waals surface area (Å²) in [7, 11) is 3.13. The minimum absolute atomic E-state index is 0.0377. The Morgan fingerprint density at radius 1 is 1.16 bits per heavy atom. The lowest BCUT2D eigenvalue weighted by molar-refractivity contribution is 0.0770. The summed E-state index contributed by atoms with van der Waals surface area (Å²) in [6, 6.07) is 10.9. The summed E-state index contributed by atoms with van der Waals surface area (Å²) >= 11 is 0. The van der Waals surface area contributed by atoms with E-state index in [-0.39, 0.29) is 12.0 Å². The van der Waals surface area contributed by atoms with Crippen molar-refractivity contribution in [1.29, 1.82) is 0 Å². The van der Waals surface area contributed by atoms with Crippen LogP contribution in [0.1, 0.15) is 22.5 Å². The molecule has 1 amide bonds. The van der Waals surface area contributed by atoms with Crippen LogP contribution >= 0.6 is 0 Å². The fraction of sp³-hybridized carbons (Fsp3) is 0.368. The van der Waals surface area contributed by atoms with Crippen LogP contribution in [-0.4, -0.2) is 49.2 Å². The predicted octanol–water partition coefficient (Wildman–Crippen LogP) is 2.70. The van der Waals surface area contributed by atoms with Crippen molar-refractivity contribution in [1.82, 2.24) is 9.88 Å². The SMILES string of the molecule is COc1ccc(C(=O)N2CCC(Oc3cccc(C)n3)C2)cc1OC. The smallest absolute Gasteiger partial charge is 0.254 e. The number of hydrogen-bond acceptors (Lipinski definition) is 5. The highest BCUT2D eigenvalue weighted by Crippen LogP contribution is 2.28. The lowest BCUT2D eigenvalue weighted by Gasteiger charge is -2.18. The number of nitrogens with zero attached hydrogens (tertiary/aromatic N) is 2. The van der Waals surface area contributed by atoms with Crippen molar-refractivity contribution in [2.75, 3.05) is 27.3 Å². The van der Waals surface area contributed by atoms with Crippen molar-refractivity contribution in [2.45, 2.75) is 19.4 Å². The minimum atomic E-state index is -0.0432. The molecule has 1 atom stereocenters. The molecule has 3 rings (SSSR count). The maximum atomic E-state index is 12.7. The average Bonchev–Trinajstić information content (AvgIpc) is 3.09. The van der Waals surface area contributed by atoms with E-state index in [4.69, 9.17) is 14.2 Å². The molecule has 25 heavy (non-hydrogen) atoms. The summed E-state index contributed by atoms with van der Waals surface area (Å²) < 4.78 is 16.4. The molecule has 2 aromatic rings. The second kappa shape index (κ2) is 7.42. The molecule has 1 unspecified atom stereocenters. The van der Waals surface area contributed by atoms with E-state index in [2.05, 4.69) is 4.98 Å². The maximum absolute atomic E-state index is 12.7. The second-order valence-electron chi connectivity index (χ2n) is 5.97. The Morgan fingerprint density at radius 2 is 1.96 bits per heavy atom. The monoisotopic (exact) mass is 342 g/mol. The Bertz CT molecular complexity index is 763. The zero-order valence-electron chi connectivity index (χ0n) is 14.7. The number of aryl methyl sites for hydroxylation is 1. The van der Waals surface area contributed by atoms with Gasteiger partial charge in [0.25, 0.3) is 5.91 Å². The third-order valence-electron chi connectivity index (χ3n) is 4.21. The molecule has 1 saturated heterocycles. The fourth-order valence-electron chi connectivity index (χ4n) is 2.92. The summed E-state index contributed by atoms with van der Waals surface area (Å²) in [5.41, 5.74) is 1.49. The molecule has 2 heterocycles. The summed E-state index contributed by atoms with van der Waals surface area (Å²) in [6.07, 6.45) is 0.743. The molecule has 1 aromatic carbocycles. The number of carbonyl (C=O) groups excluding carboxylic acids is 1. The average molecular weight is 342 g/mol. The van der Waals surface area contributed by atoms with Gasteiger partial charge in [-0.3, -0.25) is 4.79 Å². The number of aromatic nitrogens is 1. The standard InChI is InChI=1S/C19H22N2O4/c1-13-5-4-6-18(20-13)25-15-9-10-21(12-15)19(22)14-7-8-16(23-2)17(11-14)24-3/h4-8,11,15H,9-10,12H2,1-3H3. The molecule has 1 fully saturated rings. The maximum Gasteiger partial charge on any atom is 0.254 e. The molecular weight excluding hydrogens is 320 g/mol. The molecule has 0 radical (unpaired) electrons. The molecule has 0 N–H and O–H groups in total. The lowest BCUT2D eigenvalue weighted by atomic mass is 10.1. The van der Waals surface area contributed by atoms with Crippen LogP contribution in [0.2, 0.25) is 0 Å². The van der Waals surface area contributed by atoms with E-state index >= 15 is 0 Å². The molecule has 132 valence electrons. The normalized spacial score (nSPS) is 16.6. The van der Waals surface area contributed by atoms with Gasteiger partial charge in [-0.25, -0.2) is 4.98 Å². The number of benzene rings is 1. The fourth-order valence-corrected chi connectivity index (χ4v) is 2.92. The first kappa shape index (κ1) is 17.1. The van der Waals surface area contributed by atoms with Crippen molar-refractivity contribution in [3.8, 4) is 17.4 Å². The van der Waals surface area contributed by atoms with Gasteiger partial charge in [0.2, 0.25) is 5.88 Å². The van der Waals surface area contributed by atoms with Crippen molar-refractivity contribution in [3.63, 3.8) is 0 Å². The van der Waals surface area contributed by atoms with Crippen molar-refractivity contribution >= 4 is 5.91 Å². The highest BCUT2D eigenvalue weighted by Gasteiger charge is 2.29. The van der Waals surface area contributed by atoms with Gasteiger partial charge in [-0.1, -0.05) is 6.07 Å². The van der Waals surface area contributed by atoms with E-state index in [1.165, 1.54) is 0 Å². The number of likely N-dealkylation sites (tertiary alicyclic amines) is 1. The number of ether oxygens (including phenoxy) is 3. The molecule has 0 aliphatic carbocycles. The number of carbonyl (C=O) groups is 1. The van der Waals surface area contributed by atoms with E-state index in [1.54, 1.807) is 37.3 Å². The van der Waals surface area contributed by atoms with Crippen LogP contribution < -0.4 is 14.2 Å². The summed E-state index contributed by atoms with van der Waals surface area (Å²) in [5.74, 6) is 1.71. The third kappa shape index (κ3) is 3.84. The molecular formula is C19H22N2O4. The van der Waals surface area contributed by atoms with Crippen LogP contribution in [0.3, 0.4) is 0 Å². The molecule has 0 saturated carbocycles. The first-order valence-corrected chi connectivity index (χ1v) is 8.22. The molecule has 1 aliphatic heterocycles. The summed E-state index contributed by atoms with van der Waals surface area (Å²) in [5, 5.41) is 0. The Balaban J connectivity index is 1.66. The quantitative estimate of drug-likeness (QED) is 0.836. The zero-order chi connectivity index (χ0) is 17.8. The van der Waals surface area contributed by atoms with E-state index in [0.717, 1.165) is 12.1 Å². The predicted molar refractivity (Wildman–Crippen MR) is 93.5 cm³/mol. The van der Waals surface area contributed by atoms with Gasteiger partial charge in [-0.15, -0.1) is 0 Å². The molecule has 6 nitrogen and oxygen atoms in total. The number of pyridine rings is 1. The minimum Gasteiger partial charge on any atom is -0.493 e. The number of rotatable bonds is 5. The van der Waals surface area contributed by atoms with Crippen LogP contribution in [0.4, 0.5) is 0 Å². The van der Waals surface area contributed by atoms with Crippen molar-refractivity contribution in [3.05, 3.63) is 47.7 Å². The van der Waals surface area contributed by atoms with E-state index in [9.17, 15) is 4.79 Å². The third-order valence-corrected chi connectivity index (χ3v) is 4.21. The number of hydrogen-bond donors (Lipinski definition) is 0. The zero-order valence-corrected chi connectivity index (χ0v) is 14.7. The highest BCUT2D eigenvalue weighted by atomic mass is 16.5.